The molecule has 2 aliphatic rings. The Morgan fingerprint density at radius 2 is 2.00 bits per heavy atom. The van der Waals surface area contributed by atoms with E-state index in [1.54, 1.807) is 0 Å². The molecule has 0 amide bonds. The Labute approximate surface area is 143 Å². The zero-order valence-electron chi connectivity index (χ0n) is 14.5. The number of rotatable bonds is 7. The van der Waals surface area contributed by atoms with Gasteiger partial charge in [-0.05, 0) is 37.9 Å². The molecule has 0 bridgehead atoms. The lowest BCUT2D eigenvalue weighted by atomic mass is 9.81. The molecule has 0 radical (unpaired) electrons. The summed E-state index contributed by atoms with van der Waals surface area (Å²) in [5.41, 5.74) is 0.905. The summed E-state index contributed by atoms with van der Waals surface area (Å²) < 4.78 is 26.1. The number of halogens is 2. The van der Waals surface area contributed by atoms with E-state index < -0.39 is 5.92 Å². The van der Waals surface area contributed by atoms with Crippen molar-refractivity contribution in [1.82, 2.24) is 4.90 Å². The second-order valence-corrected chi connectivity index (χ2v) is 8.40. The van der Waals surface area contributed by atoms with Crippen LogP contribution in [0.3, 0.4) is 0 Å². The summed E-state index contributed by atoms with van der Waals surface area (Å²) in [7, 11) is 0. The minimum absolute atomic E-state index is 0.165. The van der Waals surface area contributed by atoms with Gasteiger partial charge in [-0.1, -0.05) is 32.6 Å². The predicted octanol–water partition coefficient (Wildman–Crippen LogP) is 5.21. The third kappa shape index (κ3) is 6.54. The smallest absolute Gasteiger partial charge is 0.254 e. The van der Waals surface area contributed by atoms with E-state index in [0.29, 0.717) is 0 Å². The van der Waals surface area contributed by atoms with Gasteiger partial charge in [-0.15, -0.1) is 11.8 Å². The van der Waals surface area contributed by atoms with E-state index >= 15 is 0 Å². The molecule has 132 valence electrons. The lowest BCUT2D eigenvalue weighted by Gasteiger charge is -2.32. The fraction of sp³-hybridized carbons (Fsp3) is 0.833. The van der Waals surface area contributed by atoms with E-state index in [9.17, 15) is 8.78 Å². The highest BCUT2D eigenvalue weighted by atomic mass is 32.2. The largest absolute Gasteiger partial charge is 0.297 e. The van der Waals surface area contributed by atoms with Crippen LogP contribution in [0, 0.1) is 11.8 Å². The predicted molar refractivity (Wildman–Crippen MR) is 96.5 cm³/mol. The van der Waals surface area contributed by atoms with Crippen molar-refractivity contribution >= 4 is 18.5 Å². The fourth-order valence-corrected chi connectivity index (χ4v) is 4.42. The summed E-state index contributed by atoms with van der Waals surface area (Å²) in [5, 5.41) is 0. The Balaban J connectivity index is 1.79. The molecule has 1 aliphatic carbocycles. The van der Waals surface area contributed by atoms with Crippen LogP contribution < -0.4 is 0 Å². The van der Waals surface area contributed by atoms with Crippen LogP contribution in [-0.4, -0.2) is 42.9 Å². The average Bonchev–Trinajstić information content (AvgIpc) is 2.52. The van der Waals surface area contributed by atoms with E-state index in [1.807, 2.05) is 0 Å². The third-order valence-corrected chi connectivity index (χ3v) is 6.47. The van der Waals surface area contributed by atoms with Crippen molar-refractivity contribution in [2.45, 2.75) is 58.3 Å². The number of nitrogens with zero attached hydrogens (tertiary/aromatic N) is 2. The van der Waals surface area contributed by atoms with Gasteiger partial charge in [-0.25, -0.2) is 8.78 Å². The first-order valence-corrected chi connectivity index (χ1v) is 9.77. The highest BCUT2D eigenvalue weighted by Crippen LogP contribution is 2.34. The van der Waals surface area contributed by atoms with Crippen LogP contribution in [0.1, 0.15) is 52.4 Å². The Morgan fingerprint density at radius 3 is 2.61 bits per heavy atom. The van der Waals surface area contributed by atoms with Crippen LogP contribution in [0.4, 0.5) is 8.78 Å². The molecular formula is C18H30F2N2S. The third-order valence-electron chi connectivity index (χ3n) is 5.03. The van der Waals surface area contributed by atoms with Crippen molar-refractivity contribution < 1.29 is 8.78 Å². The minimum atomic E-state index is -2.63. The second kappa shape index (κ2) is 8.61. The maximum atomic E-state index is 13.0. The molecule has 0 spiro atoms. The molecule has 0 aromatic heterocycles. The van der Waals surface area contributed by atoms with Crippen molar-refractivity contribution in [1.29, 1.82) is 0 Å². The Kier molecular flexibility index (Phi) is 7.08. The molecule has 0 saturated heterocycles. The molecule has 5 heteroatoms. The van der Waals surface area contributed by atoms with Crippen LogP contribution in [0.15, 0.2) is 15.6 Å². The first-order chi connectivity index (χ1) is 10.9. The van der Waals surface area contributed by atoms with Gasteiger partial charge in [0, 0.05) is 24.9 Å². The first kappa shape index (κ1) is 18.9. The fourth-order valence-electron chi connectivity index (χ4n) is 3.46. The quantitative estimate of drug-likeness (QED) is 0.589. The molecule has 1 fully saturated rings. The van der Waals surface area contributed by atoms with Crippen LogP contribution >= 0.6 is 11.8 Å². The molecule has 1 saturated carbocycles. The molecule has 0 unspecified atom stereocenters. The first-order valence-electron chi connectivity index (χ1n) is 8.79. The van der Waals surface area contributed by atoms with Crippen molar-refractivity contribution in [3.8, 4) is 0 Å². The van der Waals surface area contributed by atoms with Gasteiger partial charge in [0.1, 0.15) is 0 Å². The average molecular weight is 345 g/mol. The van der Waals surface area contributed by atoms with Gasteiger partial charge < -0.3 is 0 Å². The van der Waals surface area contributed by atoms with Gasteiger partial charge in [-0.2, -0.15) is 0 Å². The standard InChI is InChI=1S/C18H30F2N2S/c1-14-4-6-15(7-5-14)8-10-22-11-9-17(16(12-22)21-3)23-13-18(2,19)20/h14-15H,3-13H2,1-2H3. The molecule has 0 aromatic rings. The van der Waals surface area contributed by atoms with E-state index in [1.165, 1.54) is 43.9 Å². The maximum Gasteiger partial charge on any atom is 0.254 e. The number of aliphatic imine (C=N–C) groups is 1. The van der Waals surface area contributed by atoms with E-state index in [2.05, 4.69) is 23.5 Å². The monoisotopic (exact) mass is 344 g/mol. The molecule has 0 aromatic carbocycles. The van der Waals surface area contributed by atoms with Crippen LogP contribution in [0.25, 0.3) is 0 Å². The van der Waals surface area contributed by atoms with Crippen molar-refractivity contribution in [3.63, 3.8) is 0 Å². The molecule has 23 heavy (non-hydrogen) atoms. The zero-order chi connectivity index (χ0) is 16.9. The number of alkyl halides is 2. The SMILES string of the molecule is C=NC1=C(SCC(C)(F)F)CCN(CCC2CCC(C)CC2)C1. The van der Waals surface area contributed by atoms with Gasteiger partial charge >= 0.3 is 0 Å². The topological polar surface area (TPSA) is 15.6 Å². The van der Waals surface area contributed by atoms with Gasteiger partial charge in [0.25, 0.3) is 5.92 Å². The lowest BCUT2D eigenvalue weighted by Crippen LogP contribution is -2.33. The van der Waals surface area contributed by atoms with E-state index in [0.717, 1.165) is 55.4 Å². The van der Waals surface area contributed by atoms with Crippen molar-refractivity contribution in [3.05, 3.63) is 10.6 Å². The second-order valence-electron chi connectivity index (χ2n) is 7.33. The van der Waals surface area contributed by atoms with Gasteiger partial charge in [-0.3, -0.25) is 9.89 Å². The number of thioether (sulfide) groups is 1. The molecule has 0 N–H and O–H groups in total. The molecule has 1 heterocycles. The van der Waals surface area contributed by atoms with Gasteiger partial charge in [0.05, 0.1) is 11.4 Å². The van der Waals surface area contributed by atoms with Crippen LogP contribution in [0.2, 0.25) is 0 Å². The Hall–Kier alpha value is -0.420. The number of hydrogen-bond acceptors (Lipinski definition) is 3. The molecule has 1 aliphatic heterocycles. The van der Waals surface area contributed by atoms with E-state index in [4.69, 9.17) is 0 Å². The Morgan fingerprint density at radius 1 is 1.30 bits per heavy atom. The van der Waals surface area contributed by atoms with Gasteiger partial charge in [0.2, 0.25) is 0 Å². The van der Waals surface area contributed by atoms with Crippen LogP contribution in [-0.2, 0) is 0 Å². The summed E-state index contributed by atoms with van der Waals surface area (Å²) in [6, 6.07) is 0. The highest BCUT2D eigenvalue weighted by Gasteiger charge is 2.26. The van der Waals surface area contributed by atoms with Crippen molar-refractivity contribution in [2.24, 2.45) is 16.8 Å². The van der Waals surface area contributed by atoms with E-state index in [-0.39, 0.29) is 5.75 Å². The molecule has 0 atom stereocenters. The zero-order valence-corrected chi connectivity index (χ0v) is 15.3. The summed E-state index contributed by atoms with van der Waals surface area (Å²) in [6.45, 7) is 9.79. The van der Waals surface area contributed by atoms with Crippen molar-refractivity contribution in [2.75, 3.05) is 25.4 Å². The molecular weight excluding hydrogens is 314 g/mol. The summed E-state index contributed by atoms with van der Waals surface area (Å²) >= 11 is 1.25. The Bertz CT molecular complexity index is 423. The molecule has 2 rings (SSSR count). The normalized spacial score (nSPS) is 27.3. The van der Waals surface area contributed by atoms with Gasteiger partial charge in [0.15, 0.2) is 0 Å². The molecule has 2 nitrogen and oxygen atoms in total. The number of hydrogen-bond donors (Lipinski definition) is 0. The summed E-state index contributed by atoms with van der Waals surface area (Å²) in [6.07, 6.45) is 7.56. The maximum absolute atomic E-state index is 13.0. The van der Waals surface area contributed by atoms with Crippen LogP contribution in [0.5, 0.6) is 0 Å². The highest BCUT2D eigenvalue weighted by molar-refractivity contribution is 8.03. The lowest BCUT2D eigenvalue weighted by molar-refractivity contribution is 0.0493. The minimum Gasteiger partial charge on any atom is -0.297 e. The summed E-state index contributed by atoms with van der Waals surface area (Å²) in [5.74, 6) is -1.03. The summed E-state index contributed by atoms with van der Waals surface area (Å²) in [4.78, 5) is 7.52.